The number of carbonyl (C=O) groups excluding carboxylic acids is 3. The summed E-state index contributed by atoms with van der Waals surface area (Å²) < 4.78 is 7.17. The molecular formula is C35H35ClN6O4S. The van der Waals surface area contributed by atoms with Gasteiger partial charge in [-0.1, -0.05) is 23.7 Å². The molecule has 0 N–H and O–H groups in total. The SMILES string of the molecule is COc1ccc(C(=O)/C=C/C(=O)N2CCN(C(=O)C[C@@H]3N=C(c4ccc(Cl)cc4)c4c(sc(C)c4C)-n4c(C)nnc43)[C@H](C)C2)cc1. The first-order valence-corrected chi connectivity index (χ1v) is 16.6. The van der Waals surface area contributed by atoms with Crippen molar-refractivity contribution in [1.29, 1.82) is 0 Å². The van der Waals surface area contributed by atoms with Crippen LogP contribution in [0.3, 0.4) is 0 Å². The summed E-state index contributed by atoms with van der Waals surface area (Å²) in [4.78, 5) is 49.4. The number of hydrogen-bond acceptors (Lipinski definition) is 8. The molecule has 1 saturated heterocycles. The number of carbonyl (C=O) groups is 3. The van der Waals surface area contributed by atoms with Gasteiger partial charge in [0.2, 0.25) is 11.8 Å². The molecule has 4 heterocycles. The largest absolute Gasteiger partial charge is 0.497 e. The van der Waals surface area contributed by atoms with E-state index < -0.39 is 6.04 Å². The first kappa shape index (κ1) is 32.3. The number of thiophene rings is 1. The van der Waals surface area contributed by atoms with Crippen LogP contribution in [0, 0.1) is 20.8 Å². The first-order chi connectivity index (χ1) is 22.5. The highest BCUT2D eigenvalue weighted by atomic mass is 35.5. The second-order valence-electron chi connectivity index (χ2n) is 11.8. The van der Waals surface area contributed by atoms with Crippen LogP contribution in [0.25, 0.3) is 5.00 Å². The quantitative estimate of drug-likeness (QED) is 0.184. The molecule has 242 valence electrons. The van der Waals surface area contributed by atoms with Gasteiger partial charge in [-0.05, 0) is 75.7 Å². The molecule has 47 heavy (non-hydrogen) atoms. The molecule has 10 nitrogen and oxygen atoms in total. The van der Waals surface area contributed by atoms with E-state index in [9.17, 15) is 14.4 Å². The van der Waals surface area contributed by atoms with E-state index in [1.807, 2.05) is 42.7 Å². The number of aromatic nitrogens is 3. The molecule has 0 aliphatic carbocycles. The highest BCUT2D eigenvalue weighted by molar-refractivity contribution is 7.15. The van der Waals surface area contributed by atoms with Gasteiger partial charge in [0.05, 0.1) is 19.2 Å². The minimum absolute atomic E-state index is 0.0793. The first-order valence-electron chi connectivity index (χ1n) is 15.4. The fourth-order valence-electron chi connectivity index (χ4n) is 6.05. The summed E-state index contributed by atoms with van der Waals surface area (Å²) in [5.41, 5.74) is 4.29. The fraction of sp³-hybridized carbons (Fsp3) is 0.314. The van der Waals surface area contributed by atoms with E-state index in [0.29, 0.717) is 41.8 Å². The molecule has 0 saturated carbocycles. The van der Waals surface area contributed by atoms with E-state index in [2.05, 4.69) is 24.0 Å². The monoisotopic (exact) mass is 670 g/mol. The van der Waals surface area contributed by atoms with E-state index in [1.54, 1.807) is 52.5 Å². The van der Waals surface area contributed by atoms with Crippen molar-refractivity contribution in [2.24, 2.45) is 4.99 Å². The van der Waals surface area contributed by atoms with Gasteiger partial charge in [0, 0.05) is 58.3 Å². The summed E-state index contributed by atoms with van der Waals surface area (Å²) in [7, 11) is 1.56. The molecule has 2 aliphatic rings. The van der Waals surface area contributed by atoms with Crippen molar-refractivity contribution < 1.29 is 19.1 Å². The number of nitrogens with zero attached hydrogens (tertiary/aromatic N) is 6. The summed E-state index contributed by atoms with van der Waals surface area (Å²) in [5.74, 6) is 1.38. The summed E-state index contributed by atoms with van der Waals surface area (Å²) in [6.45, 7) is 9.08. The average molecular weight is 671 g/mol. The Balaban J connectivity index is 1.20. The van der Waals surface area contributed by atoms with Crippen molar-refractivity contribution in [3.05, 3.63) is 104 Å². The van der Waals surface area contributed by atoms with Crippen LogP contribution in [0.2, 0.25) is 5.02 Å². The molecule has 12 heteroatoms. The van der Waals surface area contributed by atoms with Crippen LogP contribution in [-0.2, 0) is 9.59 Å². The van der Waals surface area contributed by atoms with Crippen molar-refractivity contribution >= 4 is 46.2 Å². The van der Waals surface area contributed by atoms with Crippen LogP contribution in [0.1, 0.15) is 63.0 Å². The molecule has 4 aromatic rings. The Morgan fingerprint density at radius 2 is 1.72 bits per heavy atom. The number of allylic oxidation sites excluding steroid dienone is 1. The average Bonchev–Trinajstić information content (AvgIpc) is 3.55. The molecule has 2 atom stereocenters. The molecule has 0 bridgehead atoms. The lowest BCUT2D eigenvalue weighted by Crippen LogP contribution is -2.55. The molecule has 0 radical (unpaired) electrons. The molecule has 1 fully saturated rings. The second kappa shape index (κ2) is 13.2. The number of methoxy groups -OCH3 is 1. The van der Waals surface area contributed by atoms with Crippen molar-refractivity contribution in [3.63, 3.8) is 0 Å². The maximum Gasteiger partial charge on any atom is 0.246 e. The number of ether oxygens (including phenoxy) is 1. The number of fused-ring (bicyclic) bond motifs is 3. The Hall–Kier alpha value is -4.61. The lowest BCUT2D eigenvalue weighted by molar-refractivity contribution is -0.140. The predicted octanol–water partition coefficient (Wildman–Crippen LogP) is 5.70. The predicted molar refractivity (Wildman–Crippen MR) is 182 cm³/mol. The maximum absolute atomic E-state index is 13.9. The maximum atomic E-state index is 13.9. The van der Waals surface area contributed by atoms with Gasteiger partial charge in [0.15, 0.2) is 11.6 Å². The summed E-state index contributed by atoms with van der Waals surface area (Å²) in [6, 6.07) is 13.5. The molecule has 2 amide bonds. The van der Waals surface area contributed by atoms with E-state index >= 15 is 0 Å². The summed E-state index contributed by atoms with van der Waals surface area (Å²) in [6.07, 6.45) is 2.68. The summed E-state index contributed by atoms with van der Waals surface area (Å²) in [5, 5.41) is 10.5. The zero-order valence-corrected chi connectivity index (χ0v) is 28.4. The molecule has 0 unspecified atom stereocenters. The van der Waals surface area contributed by atoms with Gasteiger partial charge in [-0.25, -0.2) is 0 Å². The lowest BCUT2D eigenvalue weighted by atomic mass is 9.99. The van der Waals surface area contributed by atoms with E-state index in [0.717, 1.165) is 33.2 Å². The van der Waals surface area contributed by atoms with Crippen LogP contribution in [-0.4, -0.2) is 80.7 Å². The molecular weight excluding hydrogens is 636 g/mol. The van der Waals surface area contributed by atoms with Crippen LogP contribution < -0.4 is 4.74 Å². The number of piperazine rings is 1. The van der Waals surface area contributed by atoms with Gasteiger partial charge >= 0.3 is 0 Å². The zero-order chi connectivity index (χ0) is 33.4. The van der Waals surface area contributed by atoms with Gasteiger partial charge in [-0.2, -0.15) is 0 Å². The van der Waals surface area contributed by atoms with Gasteiger partial charge in [-0.15, -0.1) is 21.5 Å². The zero-order valence-electron chi connectivity index (χ0n) is 26.9. The minimum atomic E-state index is -0.576. The number of aliphatic imine (C=N–C) groups is 1. The van der Waals surface area contributed by atoms with Crippen LogP contribution in [0.15, 0.2) is 65.7 Å². The van der Waals surface area contributed by atoms with Gasteiger partial charge in [-0.3, -0.25) is 23.9 Å². The third kappa shape index (κ3) is 6.37. The highest BCUT2D eigenvalue weighted by Gasteiger charge is 2.35. The number of halogens is 1. The van der Waals surface area contributed by atoms with Gasteiger partial charge in [0.25, 0.3) is 0 Å². The lowest BCUT2D eigenvalue weighted by Gasteiger charge is -2.39. The number of ketones is 1. The second-order valence-corrected chi connectivity index (χ2v) is 13.4. The topological polar surface area (TPSA) is 110 Å². The smallest absolute Gasteiger partial charge is 0.246 e. The highest BCUT2D eigenvalue weighted by Crippen LogP contribution is 2.40. The third-order valence-electron chi connectivity index (χ3n) is 8.74. The molecule has 2 aromatic carbocycles. The number of rotatable bonds is 7. The van der Waals surface area contributed by atoms with Crippen molar-refractivity contribution in [3.8, 4) is 10.8 Å². The van der Waals surface area contributed by atoms with Crippen molar-refractivity contribution in [2.45, 2.75) is 46.2 Å². The summed E-state index contributed by atoms with van der Waals surface area (Å²) >= 11 is 7.89. The number of hydrogen-bond donors (Lipinski definition) is 0. The Morgan fingerprint density at radius 3 is 2.40 bits per heavy atom. The number of amides is 2. The molecule has 2 aromatic heterocycles. The van der Waals surface area contributed by atoms with Crippen LogP contribution in [0.5, 0.6) is 5.75 Å². The molecule has 6 rings (SSSR count). The Morgan fingerprint density at radius 1 is 1.00 bits per heavy atom. The molecule has 0 spiro atoms. The standard InChI is InChI=1S/C35H35ClN6O4S/c1-20-19-40(30(44)15-14-29(43)24-8-12-27(46-5)13-9-24)16-17-41(20)31(45)18-28-34-39-38-23(4)42(34)35-32(21(2)22(3)47-35)33(37-28)25-6-10-26(36)11-7-25/h6-15,20,28H,16-19H2,1-5H3/b15-14+/t20-,28+/m1/s1. The van der Waals surface area contributed by atoms with Gasteiger partial charge in [0.1, 0.15) is 22.6 Å². The Labute approximate surface area is 282 Å². The Kier molecular flexibility index (Phi) is 9.11. The normalized spacial score (nSPS) is 17.6. The van der Waals surface area contributed by atoms with Crippen LogP contribution in [0.4, 0.5) is 0 Å². The van der Waals surface area contributed by atoms with E-state index in [-0.39, 0.29) is 30.1 Å². The van der Waals surface area contributed by atoms with Crippen molar-refractivity contribution in [2.75, 3.05) is 26.7 Å². The van der Waals surface area contributed by atoms with Crippen LogP contribution >= 0.6 is 22.9 Å². The van der Waals surface area contributed by atoms with E-state index in [4.69, 9.17) is 21.3 Å². The number of aryl methyl sites for hydroxylation is 2. The fourth-order valence-corrected chi connectivity index (χ4v) is 7.39. The third-order valence-corrected chi connectivity index (χ3v) is 10.2. The number of benzene rings is 2. The Bertz CT molecular complexity index is 1910. The van der Waals surface area contributed by atoms with E-state index in [1.165, 1.54) is 17.0 Å². The van der Waals surface area contributed by atoms with Gasteiger partial charge < -0.3 is 14.5 Å². The van der Waals surface area contributed by atoms with Crippen molar-refractivity contribution in [1.82, 2.24) is 24.6 Å². The minimum Gasteiger partial charge on any atom is -0.497 e. The molecule has 2 aliphatic heterocycles.